The number of Topliss-reactive ketones (excluding diaryl/α,β-unsaturated/α-hetero) is 1. The maximum absolute atomic E-state index is 12.3. The number of ether oxygens (including phenoxy) is 3. The summed E-state index contributed by atoms with van der Waals surface area (Å²) in [7, 11) is 2.61. The van der Waals surface area contributed by atoms with E-state index in [4.69, 9.17) is 14.2 Å². The second-order valence-corrected chi connectivity index (χ2v) is 5.74. The predicted octanol–water partition coefficient (Wildman–Crippen LogP) is 2.61. The minimum Gasteiger partial charge on any atom is -0.493 e. The number of nitrogens with one attached hydrogen (secondary N) is 1. The fourth-order valence-corrected chi connectivity index (χ4v) is 2.38. The van der Waals surface area contributed by atoms with E-state index in [2.05, 4.69) is 5.32 Å². The first-order chi connectivity index (χ1) is 13.8. The number of nitro groups is 1. The number of amides is 1. The number of methoxy groups -OCH3 is 2. The van der Waals surface area contributed by atoms with E-state index in [9.17, 15) is 24.5 Å². The molecule has 2 aromatic carbocycles. The summed E-state index contributed by atoms with van der Waals surface area (Å²) in [6, 6.07) is 8.27. The molecule has 2 aromatic rings. The molecule has 0 aliphatic carbocycles. The first kappa shape index (κ1) is 21.4. The molecule has 2 rings (SSSR count). The second kappa shape index (κ2) is 9.31. The summed E-state index contributed by atoms with van der Waals surface area (Å²) < 4.78 is 14.9. The quantitative estimate of drug-likeness (QED) is 0.308. The zero-order valence-corrected chi connectivity index (χ0v) is 15.9. The minimum atomic E-state index is -1.07. The molecule has 0 heterocycles. The number of nitro benzene ring substituents is 1. The molecule has 1 N–H and O–H groups in total. The Kier molecular flexibility index (Phi) is 6.85. The molecule has 0 saturated carbocycles. The number of nitrogens with zero attached hydrogens (tertiary/aromatic N) is 1. The first-order valence-electron chi connectivity index (χ1n) is 8.25. The van der Waals surface area contributed by atoms with Crippen LogP contribution in [0.3, 0.4) is 0 Å². The SMILES string of the molecule is COc1cc(C(=O)OCC(=O)Nc2ccc(C(C)=O)cc2)c([N+](=O)[O-])cc1OC. The van der Waals surface area contributed by atoms with Crippen molar-refractivity contribution in [1.82, 2.24) is 0 Å². The van der Waals surface area contributed by atoms with Gasteiger partial charge in [0.25, 0.3) is 11.6 Å². The molecule has 0 aliphatic rings. The van der Waals surface area contributed by atoms with E-state index >= 15 is 0 Å². The molecular formula is C19H18N2O8. The van der Waals surface area contributed by atoms with Gasteiger partial charge in [-0.3, -0.25) is 19.7 Å². The molecule has 0 spiro atoms. The third kappa shape index (κ3) is 5.28. The monoisotopic (exact) mass is 402 g/mol. The Balaban J connectivity index is 2.08. The number of rotatable bonds is 8. The summed E-state index contributed by atoms with van der Waals surface area (Å²) in [6.45, 7) is 0.749. The molecule has 0 aromatic heterocycles. The van der Waals surface area contributed by atoms with Gasteiger partial charge in [0.1, 0.15) is 5.56 Å². The Morgan fingerprint density at radius 1 is 1.03 bits per heavy atom. The van der Waals surface area contributed by atoms with Gasteiger partial charge in [0.15, 0.2) is 23.9 Å². The fourth-order valence-electron chi connectivity index (χ4n) is 2.38. The van der Waals surface area contributed by atoms with Crippen LogP contribution in [0.4, 0.5) is 11.4 Å². The van der Waals surface area contributed by atoms with Crippen LogP contribution in [0, 0.1) is 10.1 Å². The lowest BCUT2D eigenvalue weighted by Gasteiger charge is -2.11. The van der Waals surface area contributed by atoms with Crippen molar-refractivity contribution in [3.63, 3.8) is 0 Å². The van der Waals surface area contributed by atoms with Crippen molar-refractivity contribution < 1.29 is 33.5 Å². The van der Waals surface area contributed by atoms with E-state index in [1.807, 2.05) is 0 Å². The summed E-state index contributed by atoms with van der Waals surface area (Å²) in [4.78, 5) is 46.0. The van der Waals surface area contributed by atoms with Crippen molar-refractivity contribution in [1.29, 1.82) is 0 Å². The zero-order chi connectivity index (χ0) is 21.6. The molecule has 10 nitrogen and oxygen atoms in total. The maximum atomic E-state index is 12.3. The van der Waals surface area contributed by atoms with Crippen molar-refractivity contribution in [2.24, 2.45) is 0 Å². The van der Waals surface area contributed by atoms with Gasteiger partial charge >= 0.3 is 5.97 Å². The average molecular weight is 402 g/mol. The molecule has 0 saturated heterocycles. The van der Waals surface area contributed by atoms with Crippen LogP contribution in [0.15, 0.2) is 36.4 Å². The Labute approximate surface area is 165 Å². The third-order valence-electron chi connectivity index (χ3n) is 3.83. The van der Waals surface area contributed by atoms with Crippen molar-refractivity contribution in [2.75, 3.05) is 26.1 Å². The smallest absolute Gasteiger partial charge is 0.345 e. The lowest BCUT2D eigenvalue weighted by atomic mass is 10.1. The van der Waals surface area contributed by atoms with Crippen LogP contribution in [0.2, 0.25) is 0 Å². The van der Waals surface area contributed by atoms with E-state index in [1.54, 1.807) is 0 Å². The first-order valence-corrected chi connectivity index (χ1v) is 8.25. The van der Waals surface area contributed by atoms with Crippen molar-refractivity contribution in [3.05, 3.63) is 57.6 Å². The molecule has 0 atom stereocenters. The van der Waals surface area contributed by atoms with E-state index in [0.717, 1.165) is 12.1 Å². The number of carbonyl (C=O) groups is 3. The summed E-state index contributed by atoms with van der Waals surface area (Å²) in [6.07, 6.45) is 0. The van der Waals surface area contributed by atoms with E-state index in [0.29, 0.717) is 11.3 Å². The molecule has 0 bridgehead atoms. The normalized spacial score (nSPS) is 10.0. The minimum absolute atomic E-state index is 0.0718. The fraction of sp³-hybridized carbons (Fsp3) is 0.211. The molecule has 29 heavy (non-hydrogen) atoms. The van der Waals surface area contributed by atoms with Gasteiger partial charge in [0, 0.05) is 17.3 Å². The average Bonchev–Trinajstić information content (AvgIpc) is 2.71. The predicted molar refractivity (Wildman–Crippen MR) is 102 cm³/mol. The molecular weight excluding hydrogens is 384 g/mol. The van der Waals surface area contributed by atoms with Crippen molar-refractivity contribution >= 4 is 29.0 Å². The summed E-state index contributed by atoms with van der Waals surface area (Å²) >= 11 is 0. The summed E-state index contributed by atoms with van der Waals surface area (Å²) in [5.74, 6) is -1.67. The lowest BCUT2D eigenvalue weighted by molar-refractivity contribution is -0.385. The van der Waals surface area contributed by atoms with Gasteiger partial charge in [-0.15, -0.1) is 0 Å². The number of anilines is 1. The largest absolute Gasteiger partial charge is 0.493 e. The van der Waals surface area contributed by atoms with Crippen LogP contribution >= 0.6 is 0 Å². The van der Waals surface area contributed by atoms with Crippen LogP contribution in [-0.2, 0) is 9.53 Å². The molecule has 0 fully saturated rings. The van der Waals surface area contributed by atoms with Crippen LogP contribution in [-0.4, -0.2) is 43.4 Å². The van der Waals surface area contributed by atoms with Gasteiger partial charge in [0.2, 0.25) is 0 Å². The van der Waals surface area contributed by atoms with Gasteiger partial charge < -0.3 is 19.5 Å². The lowest BCUT2D eigenvalue weighted by Crippen LogP contribution is -2.21. The summed E-state index contributed by atoms with van der Waals surface area (Å²) in [5, 5.41) is 13.7. The van der Waals surface area contributed by atoms with Crippen molar-refractivity contribution in [2.45, 2.75) is 6.92 Å². The maximum Gasteiger partial charge on any atom is 0.345 e. The number of carbonyl (C=O) groups excluding carboxylic acids is 3. The number of ketones is 1. The number of hydrogen-bond acceptors (Lipinski definition) is 8. The molecule has 10 heteroatoms. The van der Waals surface area contributed by atoms with Gasteiger partial charge in [-0.25, -0.2) is 4.79 Å². The van der Waals surface area contributed by atoms with Gasteiger partial charge in [-0.2, -0.15) is 0 Å². The highest BCUT2D eigenvalue weighted by molar-refractivity contribution is 5.98. The van der Waals surface area contributed by atoms with E-state index in [1.165, 1.54) is 45.4 Å². The van der Waals surface area contributed by atoms with Crippen LogP contribution in [0.25, 0.3) is 0 Å². The van der Waals surface area contributed by atoms with E-state index in [-0.39, 0.29) is 22.8 Å². The highest BCUT2D eigenvalue weighted by Gasteiger charge is 2.26. The van der Waals surface area contributed by atoms with Gasteiger partial charge in [-0.05, 0) is 31.2 Å². The van der Waals surface area contributed by atoms with E-state index < -0.39 is 29.1 Å². The van der Waals surface area contributed by atoms with Crippen LogP contribution in [0.1, 0.15) is 27.6 Å². The Morgan fingerprint density at radius 3 is 2.14 bits per heavy atom. The Morgan fingerprint density at radius 2 is 1.62 bits per heavy atom. The van der Waals surface area contributed by atoms with Crippen molar-refractivity contribution in [3.8, 4) is 11.5 Å². The highest BCUT2D eigenvalue weighted by Crippen LogP contribution is 2.34. The number of esters is 1. The number of hydrogen-bond donors (Lipinski definition) is 1. The molecule has 0 radical (unpaired) electrons. The Hall–Kier alpha value is -3.95. The molecule has 152 valence electrons. The third-order valence-corrected chi connectivity index (χ3v) is 3.83. The standard InChI is InChI=1S/C19H18N2O8/c1-11(22)12-4-6-13(7-5-12)20-18(23)10-29-19(24)14-8-16(27-2)17(28-3)9-15(14)21(25)26/h4-9H,10H2,1-3H3,(H,20,23). The second-order valence-electron chi connectivity index (χ2n) is 5.74. The van der Waals surface area contributed by atoms with Gasteiger partial charge in [0.05, 0.1) is 25.2 Å². The summed E-state index contributed by atoms with van der Waals surface area (Å²) in [5.41, 5.74) is -0.0533. The molecule has 0 aliphatic heterocycles. The highest BCUT2D eigenvalue weighted by atomic mass is 16.6. The van der Waals surface area contributed by atoms with Gasteiger partial charge in [-0.1, -0.05) is 0 Å². The topological polar surface area (TPSA) is 134 Å². The molecule has 0 unspecified atom stereocenters. The zero-order valence-electron chi connectivity index (χ0n) is 15.9. The van der Waals surface area contributed by atoms with Crippen LogP contribution in [0.5, 0.6) is 11.5 Å². The number of benzene rings is 2. The van der Waals surface area contributed by atoms with Crippen LogP contribution < -0.4 is 14.8 Å². The molecule has 1 amide bonds. The Bertz CT molecular complexity index is 953.